The summed E-state index contributed by atoms with van der Waals surface area (Å²) in [6, 6.07) is 7.56. The van der Waals surface area contributed by atoms with Gasteiger partial charge in [0.05, 0.1) is 23.0 Å². The molecule has 0 radical (unpaired) electrons. The number of methoxy groups -OCH3 is 1. The van der Waals surface area contributed by atoms with Crippen LogP contribution in [0.4, 0.5) is 5.82 Å². The van der Waals surface area contributed by atoms with Crippen LogP contribution in [-0.2, 0) is 4.79 Å². The number of hydrogen-bond donors (Lipinski definition) is 1. The van der Waals surface area contributed by atoms with Crippen LogP contribution >= 0.6 is 11.3 Å². The molecule has 7 heteroatoms. The summed E-state index contributed by atoms with van der Waals surface area (Å²) in [5, 5.41) is 7.99. The fraction of sp³-hybridized carbons (Fsp3) is 0.267. The largest absolute Gasteiger partial charge is 0.497 e. The van der Waals surface area contributed by atoms with Gasteiger partial charge >= 0.3 is 0 Å². The van der Waals surface area contributed by atoms with E-state index in [2.05, 4.69) is 15.4 Å². The Balaban J connectivity index is 2.05. The summed E-state index contributed by atoms with van der Waals surface area (Å²) >= 11 is 1.50. The Kier molecular flexibility index (Phi) is 3.81. The summed E-state index contributed by atoms with van der Waals surface area (Å²) in [4.78, 5) is 16.2. The summed E-state index contributed by atoms with van der Waals surface area (Å²) in [5.74, 6) is 1.37. The zero-order valence-corrected chi connectivity index (χ0v) is 13.4. The molecule has 114 valence electrons. The van der Waals surface area contributed by atoms with E-state index in [9.17, 15) is 4.79 Å². The minimum Gasteiger partial charge on any atom is -0.497 e. The van der Waals surface area contributed by atoms with Crippen molar-refractivity contribution in [2.75, 3.05) is 12.4 Å². The van der Waals surface area contributed by atoms with Crippen LogP contribution in [-0.4, -0.2) is 27.8 Å². The number of hydrogen-bond acceptors (Lipinski definition) is 5. The van der Waals surface area contributed by atoms with Crippen LogP contribution in [0.2, 0.25) is 0 Å². The number of nitrogens with zero attached hydrogens (tertiary/aromatic N) is 3. The topological polar surface area (TPSA) is 69.0 Å². The normalized spacial score (nSPS) is 10.9. The molecule has 6 nitrogen and oxygen atoms in total. The van der Waals surface area contributed by atoms with Crippen molar-refractivity contribution in [1.29, 1.82) is 0 Å². The number of fused-ring (bicyclic) bond motifs is 1. The average Bonchev–Trinajstić information content (AvgIpc) is 3.09. The van der Waals surface area contributed by atoms with Gasteiger partial charge in [0.1, 0.15) is 11.6 Å². The van der Waals surface area contributed by atoms with E-state index in [1.54, 1.807) is 11.8 Å². The maximum Gasteiger partial charge on any atom is 0.225 e. The number of aromatic nitrogens is 3. The standard InChI is InChI=1S/C15H16N4O2S/c1-4-14(20)17-13-7-9(2)18-19(13)15-16-11-6-5-10(21-3)8-12(11)22-15/h5-8H,4H2,1-3H3,(H,17,20). The average molecular weight is 316 g/mol. The first-order valence-corrected chi connectivity index (χ1v) is 7.74. The Hall–Kier alpha value is -2.41. The van der Waals surface area contributed by atoms with Gasteiger partial charge in [-0.25, -0.2) is 4.98 Å². The first kappa shape index (κ1) is 14.5. The molecule has 1 amide bonds. The molecule has 3 rings (SSSR count). The lowest BCUT2D eigenvalue weighted by atomic mass is 10.3. The maximum absolute atomic E-state index is 11.6. The van der Waals surface area contributed by atoms with Gasteiger partial charge < -0.3 is 10.1 Å². The van der Waals surface area contributed by atoms with Gasteiger partial charge in [-0.05, 0) is 25.1 Å². The number of rotatable bonds is 4. The second-order valence-corrected chi connectivity index (χ2v) is 5.82. The number of carbonyl (C=O) groups excluding carboxylic acids is 1. The molecule has 22 heavy (non-hydrogen) atoms. The van der Waals surface area contributed by atoms with Crippen molar-refractivity contribution in [3.05, 3.63) is 30.0 Å². The molecule has 0 saturated carbocycles. The molecule has 0 aliphatic carbocycles. The smallest absolute Gasteiger partial charge is 0.225 e. The van der Waals surface area contributed by atoms with Gasteiger partial charge in [-0.15, -0.1) is 0 Å². The predicted octanol–water partition coefficient (Wildman–Crippen LogP) is 3.15. The van der Waals surface area contributed by atoms with E-state index in [4.69, 9.17) is 4.74 Å². The van der Waals surface area contributed by atoms with E-state index in [0.717, 1.165) is 21.7 Å². The SMILES string of the molecule is CCC(=O)Nc1cc(C)nn1-c1nc2ccc(OC)cc2s1. The lowest BCUT2D eigenvalue weighted by Gasteiger charge is -2.04. The van der Waals surface area contributed by atoms with Crippen molar-refractivity contribution in [3.63, 3.8) is 0 Å². The molecule has 0 spiro atoms. The molecule has 1 aromatic carbocycles. The molecule has 1 N–H and O–H groups in total. The Labute approximate surface area is 131 Å². The first-order chi connectivity index (χ1) is 10.6. The Bertz CT molecular complexity index is 837. The highest BCUT2D eigenvalue weighted by Gasteiger charge is 2.14. The van der Waals surface area contributed by atoms with Gasteiger partial charge in [-0.2, -0.15) is 9.78 Å². The van der Waals surface area contributed by atoms with E-state index in [1.165, 1.54) is 11.3 Å². The third-order valence-electron chi connectivity index (χ3n) is 3.19. The lowest BCUT2D eigenvalue weighted by molar-refractivity contribution is -0.115. The van der Waals surface area contributed by atoms with E-state index < -0.39 is 0 Å². The highest BCUT2D eigenvalue weighted by Crippen LogP contribution is 2.29. The van der Waals surface area contributed by atoms with Crippen LogP contribution in [0.25, 0.3) is 15.3 Å². The molecule has 0 aliphatic rings. The zero-order chi connectivity index (χ0) is 15.7. The molecular weight excluding hydrogens is 300 g/mol. The second-order valence-electron chi connectivity index (χ2n) is 4.81. The number of thiazole rings is 1. The Morgan fingerprint density at radius 3 is 2.95 bits per heavy atom. The predicted molar refractivity (Wildman–Crippen MR) is 87.0 cm³/mol. The summed E-state index contributed by atoms with van der Waals surface area (Å²) < 4.78 is 7.91. The minimum atomic E-state index is -0.0519. The number of benzene rings is 1. The quantitative estimate of drug-likeness (QED) is 0.803. The highest BCUT2D eigenvalue weighted by atomic mass is 32.1. The molecule has 3 aromatic rings. The lowest BCUT2D eigenvalue weighted by Crippen LogP contribution is -2.13. The third-order valence-corrected chi connectivity index (χ3v) is 4.18. The first-order valence-electron chi connectivity index (χ1n) is 6.92. The number of ether oxygens (including phenoxy) is 1. The molecule has 0 unspecified atom stereocenters. The van der Waals surface area contributed by atoms with Crippen molar-refractivity contribution < 1.29 is 9.53 Å². The van der Waals surface area contributed by atoms with Gasteiger partial charge in [-0.1, -0.05) is 18.3 Å². The van der Waals surface area contributed by atoms with Crippen molar-refractivity contribution in [3.8, 4) is 10.9 Å². The van der Waals surface area contributed by atoms with E-state index in [0.29, 0.717) is 17.4 Å². The number of nitrogens with one attached hydrogen (secondary N) is 1. The Morgan fingerprint density at radius 2 is 2.23 bits per heavy atom. The van der Waals surface area contributed by atoms with Crippen LogP contribution < -0.4 is 10.1 Å². The molecule has 0 aliphatic heterocycles. The van der Waals surface area contributed by atoms with E-state index in [1.807, 2.05) is 38.1 Å². The Morgan fingerprint density at radius 1 is 1.41 bits per heavy atom. The third kappa shape index (κ3) is 2.67. The van der Waals surface area contributed by atoms with Crippen molar-refractivity contribution in [2.45, 2.75) is 20.3 Å². The molecular formula is C15H16N4O2S. The van der Waals surface area contributed by atoms with E-state index in [-0.39, 0.29) is 5.91 Å². The maximum atomic E-state index is 11.6. The van der Waals surface area contributed by atoms with Crippen molar-refractivity contribution >= 4 is 33.3 Å². The summed E-state index contributed by atoms with van der Waals surface area (Å²) in [7, 11) is 1.64. The number of carbonyl (C=O) groups is 1. The summed E-state index contributed by atoms with van der Waals surface area (Å²) in [5.41, 5.74) is 1.70. The molecule has 2 aromatic heterocycles. The molecule has 0 saturated heterocycles. The van der Waals surface area contributed by atoms with E-state index >= 15 is 0 Å². The van der Waals surface area contributed by atoms with Crippen LogP contribution in [0.15, 0.2) is 24.3 Å². The summed E-state index contributed by atoms with van der Waals surface area (Å²) in [6.07, 6.45) is 0.418. The zero-order valence-electron chi connectivity index (χ0n) is 12.6. The number of anilines is 1. The molecule has 0 bridgehead atoms. The molecule has 0 atom stereocenters. The number of aryl methyl sites for hydroxylation is 1. The minimum absolute atomic E-state index is 0.0519. The molecule has 2 heterocycles. The van der Waals surface area contributed by atoms with Crippen LogP contribution in [0.1, 0.15) is 19.0 Å². The fourth-order valence-corrected chi connectivity index (χ4v) is 3.04. The molecule has 0 fully saturated rings. The van der Waals surface area contributed by atoms with Gasteiger partial charge in [0.15, 0.2) is 0 Å². The monoisotopic (exact) mass is 316 g/mol. The van der Waals surface area contributed by atoms with Crippen molar-refractivity contribution in [1.82, 2.24) is 14.8 Å². The van der Waals surface area contributed by atoms with Crippen molar-refractivity contribution in [2.24, 2.45) is 0 Å². The van der Waals surface area contributed by atoms with Gasteiger partial charge in [-0.3, -0.25) is 4.79 Å². The highest BCUT2D eigenvalue weighted by molar-refractivity contribution is 7.20. The van der Waals surface area contributed by atoms with Gasteiger partial charge in [0, 0.05) is 12.5 Å². The fourth-order valence-electron chi connectivity index (χ4n) is 2.08. The van der Waals surface area contributed by atoms with Crippen LogP contribution in [0, 0.1) is 6.92 Å². The van der Waals surface area contributed by atoms with Crippen LogP contribution in [0.5, 0.6) is 5.75 Å². The number of amides is 1. The van der Waals surface area contributed by atoms with Gasteiger partial charge in [0.2, 0.25) is 11.0 Å². The van der Waals surface area contributed by atoms with Crippen LogP contribution in [0.3, 0.4) is 0 Å². The summed E-state index contributed by atoms with van der Waals surface area (Å²) in [6.45, 7) is 3.70. The van der Waals surface area contributed by atoms with Gasteiger partial charge in [0.25, 0.3) is 0 Å². The second kappa shape index (κ2) is 5.76.